The van der Waals surface area contributed by atoms with E-state index in [4.69, 9.17) is 16.3 Å². The highest BCUT2D eigenvalue weighted by Crippen LogP contribution is 2.19. The van der Waals surface area contributed by atoms with E-state index in [1.165, 1.54) is 6.21 Å². The molecule has 2 amide bonds. The Kier molecular flexibility index (Phi) is 8.38. The van der Waals surface area contributed by atoms with Crippen molar-refractivity contribution in [3.8, 4) is 5.75 Å². The second kappa shape index (κ2) is 12.1. The standard InChI is InChI=1S/C26H22ClN5O3S/c1-17-6-2-4-8-21(17)25(34)29-26-32-31-24(36-26)14-23(33)30-28-15-18-10-12-20(13-11-18)35-16-19-7-3-5-9-22(19)27/h2-13,15H,14,16H2,1H3,(H,30,33)(H,29,32,34). The first kappa shape index (κ1) is 25.0. The molecule has 10 heteroatoms. The van der Waals surface area contributed by atoms with Crippen LogP contribution in [-0.4, -0.2) is 28.2 Å². The quantitative estimate of drug-likeness (QED) is 0.238. The lowest BCUT2D eigenvalue weighted by Crippen LogP contribution is -2.19. The lowest BCUT2D eigenvalue weighted by Gasteiger charge is -2.07. The minimum Gasteiger partial charge on any atom is -0.489 e. The van der Waals surface area contributed by atoms with Gasteiger partial charge in [0, 0.05) is 16.1 Å². The number of nitrogens with one attached hydrogen (secondary N) is 2. The van der Waals surface area contributed by atoms with Gasteiger partial charge in [-0.15, -0.1) is 10.2 Å². The Morgan fingerprint density at radius 1 is 1.03 bits per heavy atom. The number of aromatic nitrogens is 2. The Bertz CT molecular complexity index is 1390. The second-order valence-electron chi connectivity index (χ2n) is 7.69. The number of hydrogen-bond acceptors (Lipinski definition) is 7. The molecule has 3 aromatic carbocycles. The zero-order chi connectivity index (χ0) is 25.3. The topological polar surface area (TPSA) is 106 Å². The Morgan fingerprint density at radius 3 is 2.56 bits per heavy atom. The molecule has 4 rings (SSSR count). The molecule has 0 bridgehead atoms. The Labute approximate surface area is 217 Å². The fourth-order valence-electron chi connectivity index (χ4n) is 3.15. The summed E-state index contributed by atoms with van der Waals surface area (Å²) in [6.45, 7) is 2.22. The summed E-state index contributed by atoms with van der Waals surface area (Å²) in [6, 6.07) is 22.0. The summed E-state index contributed by atoms with van der Waals surface area (Å²) in [7, 11) is 0. The third-order valence-corrected chi connectivity index (χ3v) is 6.23. The van der Waals surface area contributed by atoms with Crippen molar-refractivity contribution in [1.29, 1.82) is 0 Å². The molecule has 2 N–H and O–H groups in total. The lowest BCUT2D eigenvalue weighted by molar-refractivity contribution is -0.120. The van der Waals surface area contributed by atoms with Crippen LogP contribution in [0.15, 0.2) is 77.9 Å². The van der Waals surface area contributed by atoms with Gasteiger partial charge in [0.2, 0.25) is 11.0 Å². The first-order chi connectivity index (χ1) is 17.5. The molecule has 1 aromatic heterocycles. The SMILES string of the molecule is Cc1ccccc1C(=O)Nc1nnc(CC(=O)NN=Cc2ccc(OCc3ccccc3Cl)cc2)s1. The number of nitrogens with zero attached hydrogens (tertiary/aromatic N) is 3. The summed E-state index contributed by atoms with van der Waals surface area (Å²) in [5, 5.41) is 16.0. The zero-order valence-corrected chi connectivity index (χ0v) is 20.8. The van der Waals surface area contributed by atoms with Crippen molar-refractivity contribution < 1.29 is 14.3 Å². The number of anilines is 1. The van der Waals surface area contributed by atoms with E-state index in [9.17, 15) is 9.59 Å². The molecule has 4 aromatic rings. The molecule has 0 spiro atoms. The Hall–Kier alpha value is -4.08. The van der Waals surface area contributed by atoms with Gasteiger partial charge in [-0.25, -0.2) is 5.43 Å². The second-order valence-corrected chi connectivity index (χ2v) is 9.16. The van der Waals surface area contributed by atoms with Crippen LogP contribution >= 0.6 is 22.9 Å². The summed E-state index contributed by atoms with van der Waals surface area (Å²) < 4.78 is 5.76. The molecule has 0 saturated heterocycles. The van der Waals surface area contributed by atoms with Crippen LogP contribution in [0.5, 0.6) is 5.75 Å². The maximum atomic E-state index is 12.4. The lowest BCUT2D eigenvalue weighted by atomic mass is 10.1. The third-order valence-electron chi connectivity index (χ3n) is 5.02. The first-order valence-electron chi connectivity index (χ1n) is 11.0. The molecule has 8 nitrogen and oxygen atoms in total. The maximum absolute atomic E-state index is 12.4. The molecular formula is C26H22ClN5O3S. The molecule has 0 aliphatic heterocycles. The molecule has 0 radical (unpaired) electrons. The van der Waals surface area contributed by atoms with Gasteiger partial charge in [-0.05, 0) is 54.4 Å². The third kappa shape index (κ3) is 6.97. The number of hydrogen-bond donors (Lipinski definition) is 2. The molecule has 0 fully saturated rings. The van der Waals surface area contributed by atoms with Crippen molar-refractivity contribution >= 4 is 46.1 Å². The number of carbonyl (C=O) groups is 2. The average molecular weight is 520 g/mol. The van der Waals surface area contributed by atoms with E-state index in [0.717, 1.165) is 28.0 Å². The van der Waals surface area contributed by atoms with Gasteiger partial charge in [0.1, 0.15) is 17.4 Å². The summed E-state index contributed by atoms with van der Waals surface area (Å²) in [6.07, 6.45) is 1.52. The molecule has 0 saturated carbocycles. The van der Waals surface area contributed by atoms with Crippen LogP contribution in [0.3, 0.4) is 0 Å². The fraction of sp³-hybridized carbons (Fsp3) is 0.115. The predicted molar refractivity (Wildman–Crippen MR) is 141 cm³/mol. The number of halogens is 1. The van der Waals surface area contributed by atoms with Crippen molar-refractivity contribution in [2.75, 3.05) is 5.32 Å². The van der Waals surface area contributed by atoms with Crippen LogP contribution in [0.2, 0.25) is 5.02 Å². The number of hydrazone groups is 1. The monoisotopic (exact) mass is 519 g/mol. The van der Waals surface area contributed by atoms with E-state index in [2.05, 4.69) is 26.0 Å². The van der Waals surface area contributed by atoms with Crippen LogP contribution in [0.25, 0.3) is 0 Å². The molecule has 0 aliphatic rings. The highest BCUT2D eigenvalue weighted by atomic mass is 35.5. The zero-order valence-electron chi connectivity index (χ0n) is 19.3. The van der Waals surface area contributed by atoms with Crippen molar-refractivity contribution in [2.45, 2.75) is 20.0 Å². The van der Waals surface area contributed by atoms with E-state index < -0.39 is 0 Å². The summed E-state index contributed by atoms with van der Waals surface area (Å²) >= 11 is 7.28. The van der Waals surface area contributed by atoms with Gasteiger partial charge in [-0.3, -0.25) is 14.9 Å². The van der Waals surface area contributed by atoms with Crippen molar-refractivity contribution in [3.05, 3.63) is 105 Å². The normalized spacial score (nSPS) is 10.8. The number of ether oxygens (including phenoxy) is 1. The van der Waals surface area contributed by atoms with Crippen LogP contribution in [0, 0.1) is 6.92 Å². The molecule has 0 unspecified atom stereocenters. The van der Waals surface area contributed by atoms with Gasteiger partial charge in [0.25, 0.3) is 5.91 Å². The predicted octanol–water partition coefficient (Wildman–Crippen LogP) is 5.02. The Balaban J connectivity index is 1.23. The van der Waals surface area contributed by atoms with Crippen molar-refractivity contribution in [3.63, 3.8) is 0 Å². The first-order valence-corrected chi connectivity index (χ1v) is 12.1. The van der Waals surface area contributed by atoms with Gasteiger partial charge in [-0.1, -0.05) is 59.3 Å². The minimum atomic E-state index is -0.348. The maximum Gasteiger partial charge on any atom is 0.257 e. The number of carbonyl (C=O) groups excluding carboxylic acids is 2. The van der Waals surface area contributed by atoms with Gasteiger partial charge in [-0.2, -0.15) is 5.10 Å². The number of rotatable bonds is 9. The van der Waals surface area contributed by atoms with Crippen LogP contribution in [-0.2, 0) is 17.8 Å². The minimum absolute atomic E-state index is 0.00986. The van der Waals surface area contributed by atoms with Crippen LogP contribution in [0.4, 0.5) is 5.13 Å². The van der Waals surface area contributed by atoms with Crippen molar-refractivity contribution in [1.82, 2.24) is 15.6 Å². The molecule has 182 valence electrons. The molecular weight excluding hydrogens is 498 g/mol. The number of benzene rings is 3. The van der Waals surface area contributed by atoms with Gasteiger partial charge in [0.05, 0.1) is 12.6 Å². The smallest absolute Gasteiger partial charge is 0.257 e. The summed E-state index contributed by atoms with van der Waals surface area (Å²) in [5.74, 6) is 0.0710. The molecule has 36 heavy (non-hydrogen) atoms. The van der Waals surface area contributed by atoms with E-state index >= 15 is 0 Å². The summed E-state index contributed by atoms with van der Waals surface area (Å²) in [4.78, 5) is 24.6. The summed E-state index contributed by atoms with van der Waals surface area (Å²) in [5.41, 5.74) is 5.58. The fourth-order valence-corrected chi connectivity index (χ4v) is 4.07. The highest BCUT2D eigenvalue weighted by Gasteiger charge is 2.13. The van der Waals surface area contributed by atoms with Crippen LogP contribution in [0.1, 0.15) is 32.1 Å². The van der Waals surface area contributed by atoms with E-state index in [1.54, 1.807) is 12.1 Å². The van der Waals surface area contributed by atoms with Crippen LogP contribution < -0.4 is 15.5 Å². The van der Waals surface area contributed by atoms with E-state index in [0.29, 0.717) is 33.1 Å². The highest BCUT2D eigenvalue weighted by molar-refractivity contribution is 7.15. The molecule has 0 aliphatic carbocycles. The van der Waals surface area contributed by atoms with E-state index in [1.807, 2.05) is 67.6 Å². The Morgan fingerprint density at radius 2 is 1.78 bits per heavy atom. The van der Waals surface area contributed by atoms with Gasteiger partial charge in [0.15, 0.2) is 0 Å². The average Bonchev–Trinajstić information content (AvgIpc) is 3.31. The number of aryl methyl sites for hydroxylation is 1. The van der Waals surface area contributed by atoms with Gasteiger partial charge >= 0.3 is 0 Å². The molecule has 0 atom stereocenters. The van der Waals surface area contributed by atoms with Crippen molar-refractivity contribution in [2.24, 2.45) is 5.10 Å². The largest absolute Gasteiger partial charge is 0.489 e. The van der Waals surface area contributed by atoms with Gasteiger partial charge < -0.3 is 4.74 Å². The number of amides is 2. The molecule has 1 heterocycles. The van der Waals surface area contributed by atoms with E-state index in [-0.39, 0.29) is 18.2 Å².